The SMILES string of the molecule is O=C(NC1CCc2ccc(C(=O)N3CCC4(CCN(Cc5ccc6ncccc6c5)CC4)CC3)cc21)c1cc(C(F)(F)F)ccc1Cl. The summed E-state index contributed by atoms with van der Waals surface area (Å²) >= 11 is 6.11. The van der Waals surface area contributed by atoms with E-state index < -0.39 is 23.7 Å². The summed E-state index contributed by atoms with van der Waals surface area (Å²) in [6.45, 7) is 4.44. The van der Waals surface area contributed by atoms with Crippen LogP contribution < -0.4 is 5.32 Å². The summed E-state index contributed by atoms with van der Waals surface area (Å²) in [7, 11) is 0. The molecule has 3 aliphatic rings. The first-order valence-corrected chi connectivity index (χ1v) is 16.6. The smallest absolute Gasteiger partial charge is 0.345 e. The first-order valence-electron chi connectivity index (χ1n) is 16.2. The molecule has 3 aromatic carbocycles. The van der Waals surface area contributed by atoms with Gasteiger partial charge in [0.05, 0.1) is 27.7 Å². The molecular weight excluding hydrogens is 625 g/mol. The van der Waals surface area contributed by atoms with Crippen LogP contribution in [0.1, 0.15) is 81.1 Å². The maximum Gasteiger partial charge on any atom is 0.416 e. The number of nitrogens with zero attached hydrogens (tertiary/aromatic N) is 3. The lowest BCUT2D eigenvalue weighted by Crippen LogP contribution is -2.48. The molecule has 0 saturated carbocycles. The average molecular weight is 661 g/mol. The molecule has 3 heterocycles. The topological polar surface area (TPSA) is 65.5 Å². The van der Waals surface area contributed by atoms with Gasteiger partial charge in [-0.15, -0.1) is 0 Å². The van der Waals surface area contributed by atoms with Crippen molar-refractivity contribution in [3.05, 3.63) is 111 Å². The molecule has 47 heavy (non-hydrogen) atoms. The molecule has 2 saturated heterocycles. The number of alkyl halides is 3. The van der Waals surface area contributed by atoms with Gasteiger partial charge in [0.2, 0.25) is 0 Å². The predicted octanol–water partition coefficient (Wildman–Crippen LogP) is 7.84. The minimum absolute atomic E-state index is 0.0243. The van der Waals surface area contributed by atoms with E-state index in [1.54, 1.807) is 0 Å². The van der Waals surface area contributed by atoms with Gasteiger partial charge in [-0.1, -0.05) is 29.8 Å². The lowest BCUT2D eigenvalue weighted by molar-refractivity contribution is -0.137. The number of benzene rings is 3. The number of hydrogen-bond acceptors (Lipinski definition) is 4. The van der Waals surface area contributed by atoms with Crippen molar-refractivity contribution in [2.24, 2.45) is 5.41 Å². The van der Waals surface area contributed by atoms with E-state index in [4.69, 9.17) is 11.6 Å². The Bertz CT molecular complexity index is 1830. The molecule has 1 atom stereocenters. The summed E-state index contributed by atoms with van der Waals surface area (Å²) in [5.74, 6) is -0.693. The molecule has 4 aromatic rings. The number of aryl methyl sites for hydroxylation is 1. The fourth-order valence-corrected chi connectivity index (χ4v) is 7.73. The van der Waals surface area contributed by atoms with Crippen LogP contribution in [0.25, 0.3) is 10.9 Å². The molecule has 2 fully saturated rings. The Morgan fingerprint density at radius 1 is 0.936 bits per heavy atom. The van der Waals surface area contributed by atoms with Gasteiger partial charge in [0.1, 0.15) is 0 Å². The number of piperidine rings is 2. The first kappa shape index (κ1) is 31.6. The van der Waals surface area contributed by atoms with Crippen molar-refractivity contribution in [1.29, 1.82) is 0 Å². The third kappa shape index (κ3) is 6.61. The number of fused-ring (bicyclic) bond motifs is 2. The molecule has 1 aromatic heterocycles. The minimum Gasteiger partial charge on any atom is -0.345 e. The Balaban J connectivity index is 0.952. The van der Waals surface area contributed by atoms with Crippen molar-refractivity contribution in [2.75, 3.05) is 26.2 Å². The number of halogens is 4. The monoisotopic (exact) mass is 660 g/mol. The molecule has 1 aliphatic carbocycles. The zero-order valence-electron chi connectivity index (χ0n) is 26.0. The molecule has 244 valence electrons. The molecule has 6 nitrogen and oxygen atoms in total. The van der Waals surface area contributed by atoms with Crippen molar-refractivity contribution in [1.82, 2.24) is 20.1 Å². The van der Waals surface area contributed by atoms with Crippen LogP contribution >= 0.6 is 11.6 Å². The van der Waals surface area contributed by atoms with Gasteiger partial charge in [-0.25, -0.2) is 0 Å². The second-order valence-corrected chi connectivity index (χ2v) is 13.7. The quantitative estimate of drug-likeness (QED) is 0.237. The normalized spacial score (nSPS) is 19.6. The molecule has 2 amide bonds. The Morgan fingerprint density at radius 3 is 2.47 bits per heavy atom. The van der Waals surface area contributed by atoms with E-state index >= 15 is 0 Å². The number of amides is 2. The van der Waals surface area contributed by atoms with Crippen LogP contribution in [0.4, 0.5) is 13.2 Å². The third-order valence-electron chi connectivity index (χ3n) is 10.4. The summed E-state index contributed by atoms with van der Waals surface area (Å²) in [4.78, 5) is 35.6. The Hall–Kier alpha value is -3.95. The van der Waals surface area contributed by atoms with Crippen LogP contribution in [-0.2, 0) is 19.1 Å². The predicted molar refractivity (Wildman–Crippen MR) is 175 cm³/mol. The fourth-order valence-electron chi connectivity index (χ4n) is 7.53. The van der Waals surface area contributed by atoms with E-state index in [0.29, 0.717) is 31.5 Å². The number of hydrogen-bond donors (Lipinski definition) is 1. The van der Waals surface area contributed by atoms with Crippen LogP contribution in [0.3, 0.4) is 0 Å². The van der Waals surface area contributed by atoms with Crippen LogP contribution in [-0.4, -0.2) is 52.8 Å². The van der Waals surface area contributed by atoms with Gasteiger partial charge < -0.3 is 10.2 Å². The highest BCUT2D eigenvalue weighted by Crippen LogP contribution is 2.42. The molecule has 1 N–H and O–H groups in total. The zero-order chi connectivity index (χ0) is 32.8. The maximum absolute atomic E-state index is 13.6. The maximum atomic E-state index is 13.6. The third-order valence-corrected chi connectivity index (χ3v) is 10.7. The van der Waals surface area contributed by atoms with Gasteiger partial charge >= 0.3 is 6.18 Å². The highest BCUT2D eigenvalue weighted by molar-refractivity contribution is 6.33. The number of pyridine rings is 1. The summed E-state index contributed by atoms with van der Waals surface area (Å²) in [6, 6.07) is 18.5. The van der Waals surface area contributed by atoms with E-state index in [2.05, 4.69) is 39.5 Å². The number of aromatic nitrogens is 1. The molecule has 2 aliphatic heterocycles. The van der Waals surface area contributed by atoms with Crippen LogP contribution in [0.2, 0.25) is 5.02 Å². The van der Waals surface area contributed by atoms with Crippen molar-refractivity contribution in [3.8, 4) is 0 Å². The molecule has 10 heteroatoms. The number of carbonyl (C=O) groups excluding carboxylic acids is 2. The van der Waals surface area contributed by atoms with E-state index in [0.717, 1.165) is 80.2 Å². The van der Waals surface area contributed by atoms with Gasteiger partial charge in [0.25, 0.3) is 11.8 Å². The highest BCUT2D eigenvalue weighted by Gasteiger charge is 2.39. The summed E-state index contributed by atoms with van der Waals surface area (Å²) < 4.78 is 39.8. The largest absolute Gasteiger partial charge is 0.416 e. The van der Waals surface area contributed by atoms with Gasteiger partial charge in [-0.3, -0.25) is 19.5 Å². The van der Waals surface area contributed by atoms with Gasteiger partial charge in [-0.05, 0) is 122 Å². The van der Waals surface area contributed by atoms with Gasteiger partial charge in [0.15, 0.2) is 0 Å². The number of carbonyl (C=O) groups is 2. The van der Waals surface area contributed by atoms with Gasteiger partial charge in [-0.2, -0.15) is 13.2 Å². The average Bonchev–Trinajstić information content (AvgIpc) is 3.47. The van der Waals surface area contributed by atoms with Crippen molar-refractivity contribution < 1.29 is 22.8 Å². The van der Waals surface area contributed by atoms with E-state index in [-0.39, 0.29) is 21.9 Å². The molecule has 0 bridgehead atoms. The van der Waals surface area contributed by atoms with Gasteiger partial charge in [0, 0.05) is 36.8 Å². The Labute approximate surface area is 276 Å². The molecule has 1 spiro atoms. The second kappa shape index (κ2) is 12.6. The molecule has 1 unspecified atom stereocenters. The number of nitrogens with one attached hydrogen (secondary N) is 1. The lowest BCUT2D eigenvalue weighted by Gasteiger charge is -2.47. The number of likely N-dealkylation sites (tertiary alicyclic amines) is 2. The van der Waals surface area contributed by atoms with Crippen LogP contribution in [0.5, 0.6) is 0 Å². The second-order valence-electron chi connectivity index (χ2n) is 13.3. The molecular formula is C37H36ClF3N4O2. The zero-order valence-corrected chi connectivity index (χ0v) is 26.7. The fraction of sp³-hybridized carbons (Fsp3) is 0.378. The van der Waals surface area contributed by atoms with Crippen LogP contribution in [0.15, 0.2) is 72.9 Å². The Kier molecular flexibility index (Phi) is 8.47. The van der Waals surface area contributed by atoms with Crippen LogP contribution in [0, 0.1) is 5.41 Å². The summed E-state index contributed by atoms with van der Waals surface area (Å²) in [5, 5.41) is 3.98. The molecule has 7 rings (SSSR count). The first-order chi connectivity index (χ1) is 22.6. The highest BCUT2D eigenvalue weighted by atomic mass is 35.5. The summed E-state index contributed by atoms with van der Waals surface area (Å²) in [6.07, 6.45) is 2.74. The standard InChI is InChI=1S/C37H36ClF3N4O2/c38-31-8-7-28(37(39,40)41)22-30(31)34(46)43-33-10-6-25-4-5-27(21-29(25)33)35(47)45-18-13-36(14-19-45)11-16-44(17-12-36)23-24-3-9-32-26(20-24)2-1-15-42-32/h1-5,7-9,15,20-22,33H,6,10-14,16-19,23H2,(H,43,46). The van der Waals surface area contributed by atoms with E-state index in [1.165, 1.54) is 10.9 Å². The minimum atomic E-state index is -4.59. The van der Waals surface area contributed by atoms with E-state index in [1.807, 2.05) is 35.4 Å². The molecule has 0 radical (unpaired) electrons. The lowest BCUT2D eigenvalue weighted by atomic mass is 9.71. The van der Waals surface area contributed by atoms with Crippen molar-refractivity contribution in [3.63, 3.8) is 0 Å². The summed E-state index contributed by atoms with van der Waals surface area (Å²) in [5.41, 5.74) is 3.85. The number of rotatable bonds is 5. The Morgan fingerprint density at radius 2 is 1.70 bits per heavy atom. The van der Waals surface area contributed by atoms with E-state index in [9.17, 15) is 22.8 Å². The van der Waals surface area contributed by atoms with Crippen molar-refractivity contribution >= 4 is 34.3 Å². The van der Waals surface area contributed by atoms with Crippen molar-refractivity contribution in [2.45, 2.75) is 57.3 Å².